The second-order valence-corrected chi connectivity index (χ2v) is 8.06. The van der Waals surface area contributed by atoms with Gasteiger partial charge in [-0.3, -0.25) is 4.98 Å². The molecule has 2 aromatic heterocycles. The molecule has 2 heterocycles. The van der Waals surface area contributed by atoms with Crippen molar-refractivity contribution >= 4 is 17.8 Å². The molecule has 6 nitrogen and oxygen atoms in total. The van der Waals surface area contributed by atoms with Crippen LogP contribution < -0.4 is 4.74 Å². The van der Waals surface area contributed by atoms with E-state index in [2.05, 4.69) is 15.0 Å². The number of H-pyrrole nitrogens is 1. The number of rotatable bonds is 5. The lowest BCUT2D eigenvalue weighted by Gasteiger charge is -2.28. The largest absolute Gasteiger partial charge is 0.492 e. The summed E-state index contributed by atoms with van der Waals surface area (Å²) in [5, 5.41) is 0.620. The molecule has 0 amide bonds. The number of hydrogen-bond donors (Lipinski definition) is 1. The highest BCUT2D eigenvalue weighted by atomic mass is 35.5. The third-order valence-corrected chi connectivity index (χ3v) is 5.83. The van der Waals surface area contributed by atoms with Gasteiger partial charge < -0.3 is 9.72 Å². The molecule has 1 aliphatic rings. The first kappa shape index (κ1) is 24.5. The molecule has 174 valence electrons. The van der Waals surface area contributed by atoms with Crippen LogP contribution in [0.1, 0.15) is 43.0 Å². The van der Waals surface area contributed by atoms with Crippen molar-refractivity contribution in [1.82, 2.24) is 15.0 Å². The van der Waals surface area contributed by atoms with Crippen LogP contribution in [0.15, 0.2) is 48.8 Å². The first-order valence-corrected chi connectivity index (χ1v) is 10.6. The third kappa shape index (κ3) is 6.66. The van der Waals surface area contributed by atoms with Crippen LogP contribution in [0.25, 0.3) is 11.4 Å². The van der Waals surface area contributed by atoms with Crippen LogP contribution in [0.5, 0.6) is 5.75 Å². The number of benzene rings is 1. The average molecular weight is 480 g/mol. The monoisotopic (exact) mass is 479 g/mol. The molecule has 33 heavy (non-hydrogen) atoms. The summed E-state index contributed by atoms with van der Waals surface area (Å²) in [6.07, 6.45) is 2.27. The third-order valence-electron chi connectivity index (χ3n) is 5.52. The van der Waals surface area contributed by atoms with Gasteiger partial charge in [-0.25, -0.2) is 4.98 Å². The summed E-state index contributed by atoms with van der Waals surface area (Å²) in [6, 6.07) is 11.1. The number of alkyl halides is 3. The van der Waals surface area contributed by atoms with Crippen LogP contribution in [-0.2, 0) is 15.8 Å². The van der Waals surface area contributed by atoms with E-state index < -0.39 is 11.9 Å². The normalized spacial score (nSPS) is 18.1. The molecule has 1 fully saturated rings. The van der Waals surface area contributed by atoms with Crippen molar-refractivity contribution in [3.8, 4) is 17.1 Å². The minimum absolute atomic E-state index is 0.168. The zero-order valence-electron chi connectivity index (χ0n) is 17.4. The quantitative estimate of drug-likeness (QED) is 0.491. The van der Waals surface area contributed by atoms with E-state index in [4.69, 9.17) is 25.9 Å². The number of nitrogens with zero attached hydrogens (tertiary/aromatic N) is 2. The SMILES string of the molecule is FC(F)(F)c1cnc(-c2ccc(C3CCC(COc4ccccc4Cl)CC3)nc2)[nH]1.O=C=O. The van der Waals surface area contributed by atoms with E-state index in [1.807, 2.05) is 30.3 Å². The molecule has 3 aromatic rings. The van der Waals surface area contributed by atoms with E-state index in [0.717, 1.165) is 37.6 Å². The molecule has 1 aromatic carbocycles. The van der Waals surface area contributed by atoms with Gasteiger partial charge in [-0.1, -0.05) is 23.7 Å². The second-order valence-electron chi connectivity index (χ2n) is 7.66. The second kappa shape index (κ2) is 11.1. The Labute approximate surface area is 193 Å². The number of para-hydroxylation sites is 1. The van der Waals surface area contributed by atoms with E-state index in [-0.39, 0.29) is 12.0 Å². The fraction of sp³-hybridized carbons (Fsp3) is 0.348. The topological polar surface area (TPSA) is 84.9 Å². The van der Waals surface area contributed by atoms with Gasteiger partial charge in [0.2, 0.25) is 0 Å². The molecule has 0 atom stereocenters. The Hall–Kier alpha value is -3.16. The van der Waals surface area contributed by atoms with Gasteiger partial charge in [-0.15, -0.1) is 0 Å². The molecule has 1 saturated carbocycles. The number of imidazole rings is 1. The van der Waals surface area contributed by atoms with Gasteiger partial charge >= 0.3 is 12.3 Å². The lowest BCUT2D eigenvalue weighted by molar-refractivity contribution is -0.191. The molecule has 0 bridgehead atoms. The Morgan fingerprint density at radius 1 is 1.03 bits per heavy atom. The Kier molecular flexibility index (Phi) is 8.25. The zero-order chi connectivity index (χ0) is 23.8. The molecule has 1 aliphatic carbocycles. The number of halogens is 4. The molecule has 0 radical (unpaired) electrons. The highest BCUT2D eigenvalue weighted by Gasteiger charge is 2.33. The first-order chi connectivity index (χ1) is 15.8. The molecule has 0 saturated heterocycles. The average Bonchev–Trinajstić information content (AvgIpc) is 3.31. The first-order valence-electron chi connectivity index (χ1n) is 10.3. The summed E-state index contributed by atoms with van der Waals surface area (Å²) in [6.45, 7) is 0.642. The van der Waals surface area contributed by atoms with Crippen LogP contribution in [0, 0.1) is 5.92 Å². The smallest absolute Gasteiger partial charge is 0.432 e. The van der Waals surface area contributed by atoms with Crippen LogP contribution in [0.3, 0.4) is 0 Å². The van der Waals surface area contributed by atoms with Gasteiger partial charge in [-0.2, -0.15) is 22.8 Å². The van der Waals surface area contributed by atoms with Crippen molar-refractivity contribution in [2.24, 2.45) is 5.92 Å². The highest BCUT2D eigenvalue weighted by Crippen LogP contribution is 2.36. The zero-order valence-corrected chi connectivity index (χ0v) is 18.2. The van der Waals surface area contributed by atoms with Crippen molar-refractivity contribution < 1.29 is 27.5 Å². The Morgan fingerprint density at radius 3 is 2.30 bits per heavy atom. The van der Waals surface area contributed by atoms with Crippen molar-refractivity contribution in [1.29, 1.82) is 0 Å². The molecule has 10 heteroatoms. The maximum atomic E-state index is 12.7. The maximum Gasteiger partial charge on any atom is 0.432 e. The summed E-state index contributed by atoms with van der Waals surface area (Å²) in [7, 11) is 0. The number of nitrogens with one attached hydrogen (secondary N) is 1. The Bertz CT molecular complexity index is 1070. The number of aromatic nitrogens is 3. The van der Waals surface area contributed by atoms with Gasteiger partial charge in [0.25, 0.3) is 0 Å². The van der Waals surface area contributed by atoms with Crippen LogP contribution in [0.4, 0.5) is 13.2 Å². The van der Waals surface area contributed by atoms with E-state index in [0.29, 0.717) is 34.8 Å². The minimum Gasteiger partial charge on any atom is -0.492 e. The summed E-state index contributed by atoms with van der Waals surface area (Å²) in [4.78, 5) is 26.9. The lowest BCUT2D eigenvalue weighted by atomic mass is 9.80. The van der Waals surface area contributed by atoms with Gasteiger partial charge in [0.1, 0.15) is 17.3 Å². The van der Waals surface area contributed by atoms with E-state index >= 15 is 0 Å². The summed E-state index contributed by atoms with van der Waals surface area (Å²) >= 11 is 6.13. The molecule has 0 aliphatic heterocycles. The van der Waals surface area contributed by atoms with Crippen molar-refractivity contribution in [2.75, 3.05) is 6.61 Å². The summed E-state index contributed by atoms with van der Waals surface area (Å²) in [5.74, 6) is 1.70. The maximum absolute atomic E-state index is 12.7. The summed E-state index contributed by atoms with van der Waals surface area (Å²) < 4.78 is 44.0. The molecule has 4 rings (SSSR count). The summed E-state index contributed by atoms with van der Waals surface area (Å²) in [5.41, 5.74) is 0.641. The number of ether oxygens (including phenoxy) is 1. The molecule has 0 unspecified atom stereocenters. The molecular formula is C23H21ClF3N3O3. The standard InChI is InChI=1S/C22H21ClF3N3O.CO2/c23-17-3-1-2-4-19(17)30-13-14-5-7-15(8-6-14)18-10-9-16(11-27-18)21-28-12-20(29-21)22(24,25)26;2-1-3/h1-4,9-12,14-15H,5-8,13H2,(H,28,29);. The van der Waals surface area contributed by atoms with Gasteiger partial charge in [-0.05, 0) is 55.9 Å². The van der Waals surface area contributed by atoms with E-state index in [9.17, 15) is 13.2 Å². The number of pyridine rings is 1. The number of hydrogen-bond acceptors (Lipinski definition) is 5. The van der Waals surface area contributed by atoms with Gasteiger partial charge in [0, 0.05) is 23.4 Å². The predicted molar refractivity (Wildman–Crippen MR) is 113 cm³/mol. The lowest BCUT2D eigenvalue weighted by Crippen LogP contribution is -2.19. The fourth-order valence-electron chi connectivity index (χ4n) is 3.79. The van der Waals surface area contributed by atoms with Crippen LogP contribution in [0.2, 0.25) is 5.02 Å². The Balaban J connectivity index is 0.000000968. The fourth-order valence-corrected chi connectivity index (χ4v) is 3.98. The van der Waals surface area contributed by atoms with Gasteiger partial charge in [0.05, 0.1) is 17.8 Å². The number of carbonyl (C=O) groups excluding carboxylic acids is 2. The van der Waals surface area contributed by atoms with Crippen LogP contribution >= 0.6 is 11.6 Å². The van der Waals surface area contributed by atoms with E-state index in [1.54, 1.807) is 12.3 Å². The van der Waals surface area contributed by atoms with Crippen LogP contribution in [-0.4, -0.2) is 27.7 Å². The van der Waals surface area contributed by atoms with Gasteiger partial charge in [0.15, 0.2) is 0 Å². The predicted octanol–water partition coefficient (Wildman–Crippen LogP) is 5.91. The minimum atomic E-state index is -4.44. The highest BCUT2D eigenvalue weighted by molar-refractivity contribution is 6.32. The van der Waals surface area contributed by atoms with Crippen molar-refractivity contribution in [3.63, 3.8) is 0 Å². The van der Waals surface area contributed by atoms with Crippen molar-refractivity contribution in [2.45, 2.75) is 37.8 Å². The molecule has 1 N–H and O–H groups in total. The van der Waals surface area contributed by atoms with E-state index in [1.165, 1.54) is 0 Å². The Morgan fingerprint density at radius 2 is 1.73 bits per heavy atom. The van der Waals surface area contributed by atoms with Crippen molar-refractivity contribution in [3.05, 3.63) is 65.2 Å². The number of aromatic amines is 1. The molecule has 0 spiro atoms. The molecular weight excluding hydrogens is 459 g/mol.